The van der Waals surface area contributed by atoms with Crippen LogP contribution in [0.2, 0.25) is 0 Å². The average molecular weight is 860 g/mol. The third kappa shape index (κ3) is 6.00. The van der Waals surface area contributed by atoms with Gasteiger partial charge in [-0.25, -0.2) is 0 Å². The molecule has 0 saturated carbocycles. The normalized spacial score (nSPS) is 15.7. The van der Waals surface area contributed by atoms with Crippen LogP contribution in [0, 0.1) is 0 Å². The third-order valence-corrected chi connectivity index (χ3v) is 15.7. The zero-order chi connectivity index (χ0) is 45.0. The molecule has 1 nitrogen and oxygen atoms in total. The number of hydrogen-bond acceptors (Lipinski definition) is 1. The van der Waals surface area contributed by atoms with E-state index in [4.69, 9.17) is 0 Å². The largest absolute Gasteiger partial charge is 0.311 e. The third-order valence-electron chi connectivity index (χ3n) is 15.7. The minimum Gasteiger partial charge on any atom is -0.311 e. The second-order valence-electron chi connectivity index (χ2n) is 20.2. The van der Waals surface area contributed by atoms with Crippen LogP contribution in [0.1, 0.15) is 80.3 Å². The first-order chi connectivity index (χ1) is 32.8. The van der Waals surface area contributed by atoms with E-state index < -0.39 is 0 Å². The molecule has 13 rings (SSSR count). The number of fused-ring (bicyclic) bond motifs is 12. The molecule has 0 N–H and O–H groups in total. The Kier molecular flexibility index (Phi) is 8.94. The summed E-state index contributed by atoms with van der Waals surface area (Å²) in [6.45, 7) is 9.61. The lowest BCUT2D eigenvalue weighted by atomic mass is 9.76. The van der Waals surface area contributed by atoms with Gasteiger partial charge in [0.25, 0.3) is 0 Å². The summed E-state index contributed by atoms with van der Waals surface area (Å²) in [6.07, 6.45) is 16.0. The molecule has 0 aromatic heterocycles. The van der Waals surface area contributed by atoms with Crippen molar-refractivity contribution < 1.29 is 0 Å². The van der Waals surface area contributed by atoms with E-state index in [1.807, 2.05) is 0 Å². The van der Waals surface area contributed by atoms with Crippen LogP contribution < -0.4 is 4.90 Å². The van der Waals surface area contributed by atoms with E-state index in [9.17, 15) is 0 Å². The highest BCUT2D eigenvalue weighted by atomic mass is 15.1. The second kappa shape index (κ2) is 15.0. The predicted octanol–water partition coefficient (Wildman–Crippen LogP) is 17.9. The maximum Gasteiger partial charge on any atom is 0.0467 e. The Hall–Kier alpha value is -7.48. The van der Waals surface area contributed by atoms with Crippen LogP contribution >= 0.6 is 0 Å². The van der Waals surface area contributed by atoms with Gasteiger partial charge >= 0.3 is 0 Å². The summed E-state index contributed by atoms with van der Waals surface area (Å²) >= 11 is 0. The van der Waals surface area contributed by atoms with Crippen molar-refractivity contribution in [1.29, 1.82) is 0 Å². The molecule has 4 aliphatic rings. The number of anilines is 2. The molecule has 0 spiro atoms. The Bertz CT molecular complexity index is 3610. The quantitative estimate of drug-likeness (QED) is 0.151. The number of allylic oxidation sites excluding steroid dienone is 4. The number of rotatable bonds is 6. The maximum absolute atomic E-state index is 2.55. The molecule has 0 unspecified atom stereocenters. The number of aryl methyl sites for hydroxylation is 1. The number of benzene rings is 9. The number of para-hydroxylation sites is 1. The minimum absolute atomic E-state index is 0.120. The van der Waals surface area contributed by atoms with Crippen molar-refractivity contribution in [3.05, 3.63) is 233 Å². The van der Waals surface area contributed by atoms with E-state index >= 15 is 0 Å². The van der Waals surface area contributed by atoms with E-state index in [-0.39, 0.29) is 10.8 Å². The molecule has 0 aliphatic heterocycles. The van der Waals surface area contributed by atoms with Crippen LogP contribution in [0.5, 0.6) is 0 Å². The molecular formula is C66H53N. The van der Waals surface area contributed by atoms with Crippen LogP contribution in [-0.2, 0) is 17.3 Å². The van der Waals surface area contributed by atoms with Gasteiger partial charge in [0.1, 0.15) is 0 Å². The van der Waals surface area contributed by atoms with E-state index in [0.717, 1.165) is 25.7 Å². The maximum atomic E-state index is 2.55. The van der Waals surface area contributed by atoms with Gasteiger partial charge in [0.05, 0.1) is 0 Å². The fraction of sp³-hybridized carbons (Fsp3) is 0.152. The van der Waals surface area contributed by atoms with Crippen molar-refractivity contribution in [3.8, 4) is 55.6 Å². The SMILES string of the molecule is CC1(C)c2ccccc2-c2ccc(-c3cc(-c4ccccc4)c(-c4ccc5c(c4)C(C)(C)c4ccccc4-5)c4c3c3c(c5cc(N(C6=CCCC=C6)c6ccccc6)ccc54)CCC=C3)cc21. The van der Waals surface area contributed by atoms with Gasteiger partial charge in [0.2, 0.25) is 0 Å². The van der Waals surface area contributed by atoms with E-state index in [1.54, 1.807) is 0 Å². The molecule has 1 heteroatoms. The highest BCUT2D eigenvalue weighted by Crippen LogP contribution is 2.55. The highest BCUT2D eigenvalue weighted by molar-refractivity contribution is 6.25. The van der Waals surface area contributed by atoms with Gasteiger partial charge < -0.3 is 4.90 Å². The van der Waals surface area contributed by atoms with Crippen LogP contribution in [0.15, 0.2) is 200 Å². The molecule has 0 atom stereocenters. The lowest BCUT2D eigenvalue weighted by Crippen LogP contribution is -2.16. The Morgan fingerprint density at radius 2 is 1.01 bits per heavy atom. The zero-order valence-electron chi connectivity index (χ0n) is 38.8. The van der Waals surface area contributed by atoms with Crippen molar-refractivity contribution in [2.75, 3.05) is 4.90 Å². The Labute approximate surface area is 395 Å². The molecule has 4 aliphatic carbocycles. The number of hydrogen-bond donors (Lipinski definition) is 0. The standard InChI is InChI=1S/C66H53N/c1-65(2)58-30-18-16-27-49(58)51-35-32-43(38-60(51)65)56-41-55(42-20-8-5-9-21-42)62(44-33-36-52-50-28-17-19-31-59(50)66(3,4)61(52)39-44)64-54-37-34-47(40-57(54)48-26-14-15-29-53(48)63(56)64)67(45-22-10-6-11-23-45)46-24-12-7-13-25-46/h5-6,8-12,15-25,27-41H,7,13-14,26H2,1-4H3. The molecular weight excluding hydrogens is 807 g/mol. The van der Waals surface area contributed by atoms with Crippen molar-refractivity contribution in [2.24, 2.45) is 0 Å². The van der Waals surface area contributed by atoms with E-state index in [2.05, 4.69) is 233 Å². The van der Waals surface area contributed by atoms with Gasteiger partial charge in [-0.1, -0.05) is 179 Å². The molecule has 0 fully saturated rings. The summed E-state index contributed by atoms with van der Waals surface area (Å²) in [5.74, 6) is 0. The summed E-state index contributed by atoms with van der Waals surface area (Å²) in [6, 6.07) is 64.8. The lowest BCUT2D eigenvalue weighted by molar-refractivity contribution is 0.660. The Balaban J connectivity index is 1.16. The molecule has 322 valence electrons. The first kappa shape index (κ1) is 39.8. The van der Waals surface area contributed by atoms with Crippen molar-refractivity contribution in [1.82, 2.24) is 0 Å². The van der Waals surface area contributed by atoms with Gasteiger partial charge in [-0.2, -0.15) is 0 Å². The first-order valence-electron chi connectivity index (χ1n) is 24.3. The average Bonchev–Trinajstić information content (AvgIpc) is 3.75. The molecule has 0 saturated heterocycles. The van der Waals surface area contributed by atoms with Gasteiger partial charge in [0.15, 0.2) is 0 Å². The molecule has 0 radical (unpaired) electrons. The minimum atomic E-state index is -0.137. The van der Waals surface area contributed by atoms with E-state index in [0.29, 0.717) is 0 Å². The summed E-state index contributed by atoms with van der Waals surface area (Å²) in [5, 5.41) is 5.31. The molecule has 0 bridgehead atoms. The van der Waals surface area contributed by atoms with Crippen molar-refractivity contribution in [2.45, 2.75) is 64.2 Å². The predicted molar refractivity (Wildman–Crippen MR) is 285 cm³/mol. The van der Waals surface area contributed by atoms with Gasteiger partial charge in [-0.3, -0.25) is 0 Å². The zero-order valence-corrected chi connectivity index (χ0v) is 38.8. The van der Waals surface area contributed by atoms with Gasteiger partial charge in [-0.15, -0.1) is 0 Å². The Morgan fingerprint density at radius 1 is 0.403 bits per heavy atom. The summed E-state index contributed by atoms with van der Waals surface area (Å²) in [4.78, 5) is 2.46. The van der Waals surface area contributed by atoms with Crippen LogP contribution in [0.3, 0.4) is 0 Å². The Morgan fingerprint density at radius 3 is 1.70 bits per heavy atom. The molecule has 9 aromatic carbocycles. The highest BCUT2D eigenvalue weighted by Gasteiger charge is 2.37. The summed E-state index contributed by atoms with van der Waals surface area (Å²) in [7, 11) is 0. The number of nitrogens with zero attached hydrogens (tertiary/aromatic N) is 1. The van der Waals surface area contributed by atoms with Crippen molar-refractivity contribution >= 4 is 39.0 Å². The van der Waals surface area contributed by atoms with Crippen LogP contribution in [-0.4, -0.2) is 0 Å². The molecule has 67 heavy (non-hydrogen) atoms. The fourth-order valence-electron chi connectivity index (χ4n) is 12.4. The fourth-order valence-corrected chi connectivity index (χ4v) is 12.4. The topological polar surface area (TPSA) is 3.24 Å². The van der Waals surface area contributed by atoms with Gasteiger partial charge in [-0.05, 0) is 185 Å². The van der Waals surface area contributed by atoms with Crippen LogP contribution in [0.25, 0.3) is 83.3 Å². The first-order valence-corrected chi connectivity index (χ1v) is 24.3. The summed E-state index contributed by atoms with van der Waals surface area (Å²) < 4.78 is 0. The monoisotopic (exact) mass is 859 g/mol. The lowest BCUT2D eigenvalue weighted by Gasteiger charge is -2.29. The smallest absolute Gasteiger partial charge is 0.0467 e. The van der Waals surface area contributed by atoms with Crippen LogP contribution in [0.4, 0.5) is 11.4 Å². The second-order valence-corrected chi connectivity index (χ2v) is 20.2. The summed E-state index contributed by atoms with van der Waals surface area (Å²) in [5.41, 5.74) is 24.7. The van der Waals surface area contributed by atoms with E-state index in [1.165, 1.54) is 128 Å². The molecule has 9 aromatic rings. The van der Waals surface area contributed by atoms with Gasteiger partial charge in [0, 0.05) is 27.9 Å². The van der Waals surface area contributed by atoms with Crippen molar-refractivity contribution in [3.63, 3.8) is 0 Å². The molecule has 0 amide bonds. The molecule has 0 heterocycles.